The van der Waals surface area contributed by atoms with Gasteiger partial charge in [0.15, 0.2) is 0 Å². The minimum atomic E-state index is -3.68. The Labute approximate surface area is 205 Å². The molecule has 0 bridgehead atoms. The second-order valence-corrected chi connectivity index (χ2v) is 7.78. The molecule has 0 saturated heterocycles. The molecule has 1 aromatic carbocycles. The van der Waals surface area contributed by atoms with Gasteiger partial charge in [0, 0.05) is 23.9 Å². The smallest absolute Gasteiger partial charge is 1.00 e. The predicted molar refractivity (Wildman–Crippen MR) is 111 cm³/mol. The van der Waals surface area contributed by atoms with Crippen LogP contribution in [0.15, 0.2) is 101 Å². The molecule has 7 nitrogen and oxygen atoms in total. The zero-order valence-electron chi connectivity index (χ0n) is 16.3. The van der Waals surface area contributed by atoms with Gasteiger partial charge in [-0.05, 0) is 42.5 Å². The number of nitrogens with zero attached hydrogens (tertiary/aromatic N) is 4. The first-order chi connectivity index (χ1) is 14.5. The van der Waals surface area contributed by atoms with Crippen LogP contribution < -0.4 is 17.5 Å². The van der Waals surface area contributed by atoms with Gasteiger partial charge in [0.25, 0.3) is 10.0 Å². The maximum atomic E-state index is 11.1. The summed E-state index contributed by atoms with van der Waals surface area (Å²) in [4.78, 5) is 13.2. The molecule has 4 heterocycles. The van der Waals surface area contributed by atoms with Crippen molar-refractivity contribution in [3.05, 3.63) is 96.8 Å². The number of rotatable bonds is 2. The number of benzene rings is 1. The van der Waals surface area contributed by atoms with E-state index in [0.717, 1.165) is 22.8 Å². The van der Waals surface area contributed by atoms with Crippen LogP contribution in [0.2, 0.25) is 0 Å². The fourth-order valence-corrected chi connectivity index (χ4v) is 3.92. The summed E-state index contributed by atoms with van der Waals surface area (Å²) in [6.45, 7) is 0. The van der Waals surface area contributed by atoms with Crippen molar-refractivity contribution >= 4 is 15.9 Å². The van der Waals surface area contributed by atoms with Gasteiger partial charge in [-0.1, -0.05) is 36.4 Å². The SMILES string of the molecule is O=S1(=O)N=C([O-])c2ccccc21.[Cl-].[Pd+2].c1ccc(-c2cccc(-c3ccccn3)n2)nc1. The van der Waals surface area contributed by atoms with Crippen molar-refractivity contribution in [3.63, 3.8) is 0 Å². The molecule has 164 valence electrons. The van der Waals surface area contributed by atoms with Gasteiger partial charge in [-0.15, -0.1) is 0 Å². The van der Waals surface area contributed by atoms with E-state index in [9.17, 15) is 13.5 Å². The van der Waals surface area contributed by atoms with Gasteiger partial charge in [-0.3, -0.25) is 9.97 Å². The Hall–Kier alpha value is -2.96. The van der Waals surface area contributed by atoms with Gasteiger partial charge in [-0.2, -0.15) is 12.8 Å². The molecule has 0 radical (unpaired) electrons. The van der Waals surface area contributed by atoms with Gasteiger partial charge >= 0.3 is 20.4 Å². The molecule has 1 aliphatic rings. The number of aromatic nitrogens is 3. The standard InChI is InChI=1S/C15H11N3.C7H5NO3S.ClH.Pd/c1-3-10-16-12(6-1)14-8-5-9-15(18-14)13-7-2-4-11-17-13;9-7-5-3-1-2-4-6(5)12(10,11)8-7;;/h1-11H;1-4H,(H,8,9);1H;/q;;;+2/p-2. The Bertz CT molecular complexity index is 1270. The largest absolute Gasteiger partial charge is 2.00 e. The van der Waals surface area contributed by atoms with E-state index in [0.29, 0.717) is 0 Å². The predicted octanol–water partition coefficient (Wildman–Crippen LogP) is -0.297. The Balaban J connectivity index is 0.000000229. The average molecular weight is 557 g/mol. The topological polar surface area (TPSA) is 108 Å². The van der Waals surface area contributed by atoms with E-state index < -0.39 is 15.9 Å². The van der Waals surface area contributed by atoms with Crippen LogP contribution in [0.4, 0.5) is 0 Å². The third kappa shape index (κ3) is 5.64. The second-order valence-electron chi connectivity index (χ2n) is 6.21. The van der Waals surface area contributed by atoms with Crippen LogP contribution in [0.5, 0.6) is 0 Å². The van der Waals surface area contributed by atoms with Crippen LogP contribution in [0, 0.1) is 0 Å². The summed E-state index contributed by atoms with van der Waals surface area (Å²) in [5.41, 5.74) is 3.63. The van der Waals surface area contributed by atoms with Gasteiger partial charge < -0.3 is 17.5 Å². The number of hydrogen-bond donors (Lipinski definition) is 0. The molecule has 0 aliphatic carbocycles. The second kappa shape index (κ2) is 11.1. The molecule has 4 aromatic rings. The van der Waals surface area contributed by atoms with Crippen LogP contribution in [0.25, 0.3) is 22.8 Å². The molecule has 10 heteroatoms. The Morgan fingerprint density at radius 2 is 1.16 bits per heavy atom. The van der Waals surface area contributed by atoms with Gasteiger partial charge in [0.2, 0.25) is 0 Å². The number of fused-ring (bicyclic) bond motifs is 1. The molecule has 0 atom stereocenters. The van der Waals surface area contributed by atoms with E-state index in [1.165, 1.54) is 12.1 Å². The first-order valence-corrected chi connectivity index (χ1v) is 10.4. The van der Waals surface area contributed by atoms with Crippen molar-refractivity contribution in [1.82, 2.24) is 15.0 Å². The molecular weight excluding hydrogens is 542 g/mol. The fourth-order valence-electron chi connectivity index (χ4n) is 2.82. The zero-order valence-corrected chi connectivity index (χ0v) is 19.4. The molecule has 0 N–H and O–H groups in total. The normalized spacial score (nSPS) is 12.7. The third-order valence-electron chi connectivity index (χ3n) is 4.20. The van der Waals surface area contributed by atoms with Crippen LogP contribution in [-0.2, 0) is 30.4 Å². The first kappa shape index (κ1) is 25.3. The Morgan fingerprint density at radius 1 is 0.656 bits per heavy atom. The van der Waals surface area contributed by atoms with E-state index in [2.05, 4.69) is 19.3 Å². The summed E-state index contributed by atoms with van der Waals surface area (Å²) in [5, 5.41) is 10.9. The van der Waals surface area contributed by atoms with Crippen molar-refractivity contribution in [3.8, 4) is 22.8 Å². The van der Waals surface area contributed by atoms with E-state index in [1.807, 2.05) is 54.6 Å². The van der Waals surface area contributed by atoms with E-state index >= 15 is 0 Å². The minimum Gasteiger partial charge on any atom is -1.00 e. The summed E-state index contributed by atoms with van der Waals surface area (Å²) < 4.78 is 25.2. The fraction of sp³-hybridized carbons (Fsp3) is 0. The van der Waals surface area contributed by atoms with E-state index in [-0.39, 0.29) is 43.3 Å². The quantitative estimate of drug-likeness (QED) is 0.314. The summed E-state index contributed by atoms with van der Waals surface area (Å²) in [6, 6.07) is 23.5. The summed E-state index contributed by atoms with van der Waals surface area (Å²) in [5.74, 6) is -0.675. The van der Waals surface area contributed by atoms with Gasteiger partial charge in [-0.25, -0.2) is 4.98 Å². The third-order valence-corrected chi connectivity index (χ3v) is 5.52. The maximum absolute atomic E-state index is 11.1. The van der Waals surface area contributed by atoms with Crippen LogP contribution in [0.3, 0.4) is 0 Å². The van der Waals surface area contributed by atoms with Gasteiger partial charge in [0.1, 0.15) is 0 Å². The number of pyridine rings is 3. The monoisotopic (exact) mass is 556 g/mol. The van der Waals surface area contributed by atoms with Crippen LogP contribution in [0.1, 0.15) is 5.56 Å². The molecule has 3 aromatic heterocycles. The van der Waals surface area contributed by atoms with Crippen molar-refractivity contribution in [2.24, 2.45) is 4.40 Å². The molecule has 5 rings (SSSR count). The molecule has 0 spiro atoms. The number of hydrogen-bond acceptors (Lipinski definition) is 6. The molecule has 0 amide bonds. The Morgan fingerprint density at radius 3 is 1.66 bits per heavy atom. The molecule has 1 aliphatic heterocycles. The molecule has 0 unspecified atom stereocenters. The van der Waals surface area contributed by atoms with Crippen molar-refractivity contribution in [2.75, 3.05) is 0 Å². The van der Waals surface area contributed by atoms with Crippen molar-refractivity contribution < 1.29 is 46.4 Å². The van der Waals surface area contributed by atoms with Crippen LogP contribution >= 0.6 is 0 Å². The van der Waals surface area contributed by atoms with Crippen molar-refractivity contribution in [2.45, 2.75) is 4.90 Å². The summed E-state index contributed by atoms with van der Waals surface area (Å²) >= 11 is 0. The molecular formula is C22H15ClN4O3PdS. The summed E-state index contributed by atoms with van der Waals surface area (Å²) in [7, 11) is -3.68. The van der Waals surface area contributed by atoms with Gasteiger partial charge in [0.05, 0.1) is 27.7 Å². The molecule has 0 saturated carbocycles. The van der Waals surface area contributed by atoms with Crippen molar-refractivity contribution in [1.29, 1.82) is 0 Å². The number of halogens is 1. The van der Waals surface area contributed by atoms with E-state index in [1.54, 1.807) is 24.5 Å². The van der Waals surface area contributed by atoms with Crippen LogP contribution in [-0.4, -0.2) is 29.3 Å². The first-order valence-electron chi connectivity index (χ1n) is 8.96. The molecule has 32 heavy (non-hydrogen) atoms. The summed E-state index contributed by atoms with van der Waals surface area (Å²) in [6.07, 6.45) is 3.54. The number of sulfonamides is 1. The molecule has 0 fully saturated rings. The zero-order chi connectivity index (χ0) is 21.0. The minimum absolute atomic E-state index is 0. The average Bonchev–Trinajstić information content (AvgIpc) is 3.04. The maximum Gasteiger partial charge on any atom is 2.00 e. The van der Waals surface area contributed by atoms with E-state index in [4.69, 9.17) is 0 Å². The Kier molecular flexibility index (Phi) is 8.75.